The van der Waals surface area contributed by atoms with Crippen molar-refractivity contribution in [3.8, 4) is 0 Å². The molecule has 0 atom stereocenters. The quantitative estimate of drug-likeness (QED) is 0.802. The molecule has 1 heterocycles. The van der Waals surface area contributed by atoms with Crippen LogP contribution in [0, 0.1) is 0 Å². The van der Waals surface area contributed by atoms with Crippen LogP contribution in [0.5, 0.6) is 0 Å². The van der Waals surface area contributed by atoms with Gasteiger partial charge in [0.1, 0.15) is 5.52 Å². The van der Waals surface area contributed by atoms with Crippen LogP contribution >= 0.6 is 0 Å². The summed E-state index contributed by atoms with van der Waals surface area (Å²) in [7, 11) is 0. The molecule has 0 fully saturated rings. The molecule has 0 unspecified atom stereocenters. The molecule has 0 radical (unpaired) electrons. The molecule has 2 aromatic carbocycles. The van der Waals surface area contributed by atoms with Gasteiger partial charge < -0.3 is 5.32 Å². The summed E-state index contributed by atoms with van der Waals surface area (Å²) >= 11 is 0. The van der Waals surface area contributed by atoms with E-state index in [4.69, 9.17) is 0 Å². The van der Waals surface area contributed by atoms with Crippen molar-refractivity contribution < 1.29 is 4.79 Å². The lowest BCUT2D eigenvalue weighted by atomic mass is 9.90. The Hall–Kier alpha value is -2.69. The summed E-state index contributed by atoms with van der Waals surface area (Å²) in [6.07, 6.45) is 4.56. The van der Waals surface area contributed by atoms with Gasteiger partial charge >= 0.3 is 0 Å². The molecule has 1 aromatic heterocycles. The number of benzene rings is 2. The highest BCUT2D eigenvalue weighted by Crippen LogP contribution is 2.28. The third kappa shape index (κ3) is 2.56. The van der Waals surface area contributed by atoms with E-state index in [1.807, 2.05) is 35.9 Å². The van der Waals surface area contributed by atoms with Crippen molar-refractivity contribution in [2.45, 2.75) is 39.2 Å². The van der Waals surface area contributed by atoms with E-state index in [1.54, 1.807) is 6.07 Å². The zero-order valence-electron chi connectivity index (χ0n) is 13.7. The molecule has 0 aliphatic heterocycles. The second-order valence-electron chi connectivity index (χ2n) is 6.21. The standard InChI is InChI=1S/C19H20N4O/c1-2-23-18-11-10-14(12-17(18)21-22-23)19(24)20-16-9-5-7-13-6-3-4-8-15(13)16/h5,7,9-12H,2-4,6,8H2,1H3,(H,20,24). The van der Waals surface area contributed by atoms with Crippen LogP contribution in [0.1, 0.15) is 41.3 Å². The summed E-state index contributed by atoms with van der Waals surface area (Å²) in [5.41, 5.74) is 5.90. The Morgan fingerprint density at radius 2 is 2.08 bits per heavy atom. The smallest absolute Gasteiger partial charge is 0.255 e. The summed E-state index contributed by atoms with van der Waals surface area (Å²) in [5.74, 6) is -0.0954. The van der Waals surface area contributed by atoms with Crippen LogP contribution in [-0.2, 0) is 19.4 Å². The Morgan fingerprint density at radius 3 is 2.96 bits per heavy atom. The largest absolute Gasteiger partial charge is 0.322 e. The molecule has 0 saturated carbocycles. The van der Waals surface area contributed by atoms with Gasteiger partial charge in [-0.25, -0.2) is 4.68 Å². The summed E-state index contributed by atoms with van der Waals surface area (Å²) in [5, 5.41) is 11.3. The number of fused-ring (bicyclic) bond motifs is 2. The molecule has 5 nitrogen and oxygen atoms in total. The highest BCUT2D eigenvalue weighted by atomic mass is 16.1. The zero-order chi connectivity index (χ0) is 16.5. The third-order valence-corrected chi connectivity index (χ3v) is 4.72. The minimum atomic E-state index is -0.0954. The fourth-order valence-electron chi connectivity index (χ4n) is 3.44. The Bertz CT molecular complexity index is 913. The lowest BCUT2D eigenvalue weighted by Crippen LogP contribution is -2.15. The van der Waals surface area contributed by atoms with Gasteiger partial charge in [0.2, 0.25) is 0 Å². The number of hydrogen-bond donors (Lipinski definition) is 1. The van der Waals surface area contributed by atoms with E-state index in [2.05, 4.69) is 21.7 Å². The Balaban J connectivity index is 1.63. The fraction of sp³-hybridized carbons (Fsp3) is 0.316. The molecule has 5 heteroatoms. The number of carbonyl (C=O) groups is 1. The molecule has 3 aromatic rings. The third-order valence-electron chi connectivity index (χ3n) is 4.72. The molecule has 122 valence electrons. The maximum absolute atomic E-state index is 12.7. The number of nitrogens with one attached hydrogen (secondary N) is 1. The molecule has 0 spiro atoms. The summed E-state index contributed by atoms with van der Waals surface area (Å²) < 4.78 is 1.82. The van der Waals surface area contributed by atoms with Crippen molar-refractivity contribution in [1.82, 2.24) is 15.0 Å². The van der Waals surface area contributed by atoms with Crippen LogP contribution in [-0.4, -0.2) is 20.9 Å². The Labute approximate surface area is 140 Å². The topological polar surface area (TPSA) is 59.8 Å². The van der Waals surface area contributed by atoms with Crippen LogP contribution in [0.2, 0.25) is 0 Å². The number of aromatic nitrogens is 3. The van der Waals surface area contributed by atoms with Gasteiger partial charge in [0, 0.05) is 17.8 Å². The van der Waals surface area contributed by atoms with Crippen molar-refractivity contribution in [3.05, 3.63) is 53.1 Å². The van der Waals surface area contributed by atoms with Crippen molar-refractivity contribution >= 4 is 22.6 Å². The second-order valence-corrected chi connectivity index (χ2v) is 6.21. The Kier molecular flexibility index (Phi) is 3.76. The first-order chi connectivity index (χ1) is 11.8. The molecule has 0 saturated heterocycles. The molecule has 1 amide bonds. The number of rotatable bonds is 3. The average molecular weight is 320 g/mol. The minimum absolute atomic E-state index is 0.0954. The second kappa shape index (κ2) is 6.07. The molecular formula is C19H20N4O. The zero-order valence-corrected chi connectivity index (χ0v) is 13.7. The minimum Gasteiger partial charge on any atom is -0.322 e. The SMILES string of the molecule is CCn1nnc2cc(C(=O)Nc3cccc4c3CCCC4)ccc21. The summed E-state index contributed by atoms with van der Waals surface area (Å²) in [6, 6.07) is 11.7. The first kappa shape index (κ1) is 14.9. The van der Waals surface area contributed by atoms with E-state index < -0.39 is 0 Å². The predicted molar refractivity (Wildman–Crippen MR) is 94.2 cm³/mol. The molecule has 4 rings (SSSR count). The Morgan fingerprint density at radius 1 is 1.21 bits per heavy atom. The first-order valence-electron chi connectivity index (χ1n) is 8.51. The summed E-state index contributed by atoms with van der Waals surface area (Å²) in [6.45, 7) is 2.78. The van der Waals surface area contributed by atoms with Gasteiger partial charge in [-0.2, -0.15) is 0 Å². The van der Waals surface area contributed by atoms with Gasteiger partial charge in [-0.15, -0.1) is 5.10 Å². The predicted octanol–water partition coefficient (Wildman–Crippen LogP) is 3.58. The van der Waals surface area contributed by atoms with E-state index in [1.165, 1.54) is 24.0 Å². The molecular weight excluding hydrogens is 300 g/mol. The fourth-order valence-corrected chi connectivity index (χ4v) is 3.44. The van der Waals surface area contributed by atoms with E-state index >= 15 is 0 Å². The van der Waals surface area contributed by atoms with Crippen LogP contribution in [0.3, 0.4) is 0 Å². The first-order valence-corrected chi connectivity index (χ1v) is 8.51. The molecule has 1 aliphatic rings. The van der Waals surface area contributed by atoms with Crippen molar-refractivity contribution in [1.29, 1.82) is 0 Å². The number of hydrogen-bond acceptors (Lipinski definition) is 3. The van der Waals surface area contributed by atoms with E-state index in [9.17, 15) is 4.79 Å². The number of aryl methyl sites for hydroxylation is 2. The van der Waals surface area contributed by atoms with Crippen LogP contribution < -0.4 is 5.32 Å². The highest BCUT2D eigenvalue weighted by Gasteiger charge is 2.16. The molecule has 1 aliphatic carbocycles. The maximum atomic E-state index is 12.7. The molecule has 0 bridgehead atoms. The number of amides is 1. The van der Waals surface area contributed by atoms with Gasteiger partial charge in [-0.3, -0.25) is 4.79 Å². The monoisotopic (exact) mass is 320 g/mol. The highest BCUT2D eigenvalue weighted by molar-refractivity contribution is 6.06. The van der Waals surface area contributed by atoms with Gasteiger partial charge in [-0.1, -0.05) is 17.3 Å². The van der Waals surface area contributed by atoms with Crippen molar-refractivity contribution in [3.63, 3.8) is 0 Å². The van der Waals surface area contributed by atoms with Crippen LogP contribution in [0.15, 0.2) is 36.4 Å². The lowest BCUT2D eigenvalue weighted by molar-refractivity contribution is 0.102. The van der Waals surface area contributed by atoms with Gasteiger partial charge in [-0.05, 0) is 68.0 Å². The maximum Gasteiger partial charge on any atom is 0.255 e. The molecule has 1 N–H and O–H groups in total. The van der Waals surface area contributed by atoms with E-state index in [0.29, 0.717) is 5.56 Å². The van der Waals surface area contributed by atoms with E-state index in [0.717, 1.165) is 36.1 Å². The van der Waals surface area contributed by atoms with Gasteiger partial charge in [0.25, 0.3) is 5.91 Å². The number of carbonyl (C=O) groups excluding carboxylic acids is 1. The lowest BCUT2D eigenvalue weighted by Gasteiger charge is -2.19. The number of anilines is 1. The normalized spacial score (nSPS) is 13.7. The van der Waals surface area contributed by atoms with Crippen molar-refractivity contribution in [2.75, 3.05) is 5.32 Å². The van der Waals surface area contributed by atoms with Gasteiger partial charge in [0.15, 0.2) is 0 Å². The van der Waals surface area contributed by atoms with Crippen LogP contribution in [0.4, 0.5) is 5.69 Å². The van der Waals surface area contributed by atoms with Crippen molar-refractivity contribution in [2.24, 2.45) is 0 Å². The van der Waals surface area contributed by atoms with Crippen LogP contribution in [0.25, 0.3) is 11.0 Å². The molecule has 24 heavy (non-hydrogen) atoms. The van der Waals surface area contributed by atoms with E-state index in [-0.39, 0.29) is 5.91 Å². The van der Waals surface area contributed by atoms with Gasteiger partial charge in [0.05, 0.1) is 5.52 Å². The number of nitrogens with zero attached hydrogens (tertiary/aromatic N) is 3. The summed E-state index contributed by atoms with van der Waals surface area (Å²) in [4.78, 5) is 12.7. The average Bonchev–Trinajstić information content (AvgIpc) is 3.04.